The topological polar surface area (TPSA) is 6.48 Å². The van der Waals surface area contributed by atoms with Gasteiger partial charge in [0.15, 0.2) is 5.67 Å². The van der Waals surface area contributed by atoms with Crippen LogP contribution in [-0.2, 0) is 5.67 Å². The van der Waals surface area contributed by atoms with E-state index in [1.165, 1.54) is 17.7 Å². The lowest BCUT2D eigenvalue weighted by molar-refractivity contribution is -0.0541. The molecule has 0 saturated carbocycles. The van der Waals surface area contributed by atoms with Gasteiger partial charge in [-0.25, -0.2) is 8.78 Å². The highest BCUT2D eigenvalue weighted by atomic mass is 19.1. The predicted molar refractivity (Wildman–Crippen MR) is 114 cm³/mol. The molecule has 2 aromatic rings. The highest BCUT2D eigenvalue weighted by Crippen LogP contribution is 2.36. The van der Waals surface area contributed by atoms with Gasteiger partial charge in [-0.1, -0.05) is 56.3 Å². The number of likely N-dealkylation sites (N-methyl/N-ethyl adjacent to an activating group) is 1. The molecular weight excluding hydrogens is 354 g/mol. The zero-order chi connectivity index (χ0) is 20.7. The SMILES string of the molecule is CC.CC(C)N1CC(F)(c2ccccc2)C1.CN1CC(c2ccc(F)cc2)C1. The lowest BCUT2D eigenvalue weighted by atomic mass is 9.87. The summed E-state index contributed by atoms with van der Waals surface area (Å²) in [6, 6.07) is 16.7. The van der Waals surface area contributed by atoms with Gasteiger partial charge in [-0.15, -0.1) is 0 Å². The van der Waals surface area contributed by atoms with Crippen LogP contribution >= 0.6 is 0 Å². The van der Waals surface area contributed by atoms with E-state index < -0.39 is 5.67 Å². The molecule has 0 bridgehead atoms. The minimum atomic E-state index is -1.11. The molecule has 0 spiro atoms. The van der Waals surface area contributed by atoms with Crippen molar-refractivity contribution in [1.29, 1.82) is 0 Å². The first kappa shape index (κ1) is 22.5. The molecule has 2 saturated heterocycles. The summed E-state index contributed by atoms with van der Waals surface area (Å²) in [6.07, 6.45) is 0. The van der Waals surface area contributed by atoms with Crippen LogP contribution in [-0.4, -0.2) is 49.1 Å². The lowest BCUT2D eigenvalue weighted by Crippen LogP contribution is -2.58. The van der Waals surface area contributed by atoms with E-state index >= 15 is 0 Å². The molecule has 0 unspecified atom stereocenters. The third kappa shape index (κ3) is 5.62. The van der Waals surface area contributed by atoms with Crippen LogP contribution in [0.3, 0.4) is 0 Å². The van der Waals surface area contributed by atoms with Crippen molar-refractivity contribution in [3.8, 4) is 0 Å². The van der Waals surface area contributed by atoms with Gasteiger partial charge in [0.05, 0.1) is 0 Å². The molecule has 0 aliphatic carbocycles. The zero-order valence-electron chi connectivity index (χ0n) is 17.8. The van der Waals surface area contributed by atoms with Crippen LogP contribution in [0, 0.1) is 5.82 Å². The fourth-order valence-corrected chi connectivity index (χ4v) is 3.53. The van der Waals surface area contributed by atoms with Crippen LogP contribution in [0.1, 0.15) is 44.7 Å². The quantitative estimate of drug-likeness (QED) is 0.689. The second kappa shape index (κ2) is 10.1. The Labute approximate surface area is 169 Å². The monoisotopic (exact) mass is 388 g/mol. The maximum Gasteiger partial charge on any atom is 0.161 e. The van der Waals surface area contributed by atoms with Gasteiger partial charge in [0.2, 0.25) is 0 Å². The number of halogens is 2. The van der Waals surface area contributed by atoms with Gasteiger partial charge < -0.3 is 4.90 Å². The van der Waals surface area contributed by atoms with Gasteiger partial charge in [-0.2, -0.15) is 0 Å². The molecule has 4 rings (SSSR count). The van der Waals surface area contributed by atoms with Gasteiger partial charge in [0.25, 0.3) is 0 Å². The van der Waals surface area contributed by atoms with Crippen LogP contribution < -0.4 is 0 Å². The lowest BCUT2D eigenvalue weighted by Gasteiger charge is -2.47. The number of hydrogen-bond acceptors (Lipinski definition) is 2. The Morgan fingerprint density at radius 2 is 1.46 bits per heavy atom. The van der Waals surface area contributed by atoms with Gasteiger partial charge in [-0.3, -0.25) is 4.90 Å². The largest absolute Gasteiger partial charge is 0.305 e. The molecule has 28 heavy (non-hydrogen) atoms. The number of rotatable bonds is 3. The van der Waals surface area contributed by atoms with Gasteiger partial charge >= 0.3 is 0 Å². The molecule has 0 amide bonds. The van der Waals surface area contributed by atoms with Gasteiger partial charge in [0.1, 0.15) is 5.82 Å². The highest BCUT2D eigenvalue weighted by Gasteiger charge is 2.45. The molecular formula is C24H34F2N2. The number of hydrogen-bond donors (Lipinski definition) is 0. The summed E-state index contributed by atoms with van der Waals surface area (Å²) in [7, 11) is 2.10. The molecule has 2 nitrogen and oxygen atoms in total. The third-order valence-electron chi connectivity index (χ3n) is 5.33. The standard InChI is InChI=1S/C12H16FN.C10H12FN.C2H6/c1-10(2)14-8-12(13,9-14)11-6-4-3-5-7-11;1-12-6-9(7-12)8-2-4-10(11)5-3-8;1-2/h3-7,10H,8-9H2,1-2H3;2-5,9H,6-7H2,1H3;1-2H3. The molecule has 2 aromatic carbocycles. The average molecular weight is 389 g/mol. The van der Waals surface area contributed by atoms with Crippen molar-refractivity contribution < 1.29 is 8.78 Å². The molecule has 0 aromatic heterocycles. The number of likely N-dealkylation sites (tertiary alicyclic amines) is 2. The Balaban J connectivity index is 0.000000186. The Bertz CT molecular complexity index is 688. The zero-order valence-corrected chi connectivity index (χ0v) is 17.8. The van der Waals surface area contributed by atoms with Crippen molar-refractivity contribution >= 4 is 0 Å². The van der Waals surface area contributed by atoms with E-state index in [2.05, 4.69) is 30.7 Å². The Morgan fingerprint density at radius 1 is 0.929 bits per heavy atom. The summed E-state index contributed by atoms with van der Waals surface area (Å²) in [5.41, 5.74) is 0.970. The first-order valence-corrected chi connectivity index (χ1v) is 10.3. The second-order valence-electron chi connectivity index (χ2n) is 7.80. The molecule has 154 valence electrons. The first-order chi connectivity index (χ1) is 13.4. The summed E-state index contributed by atoms with van der Waals surface area (Å²) in [6.45, 7) is 11.5. The van der Waals surface area contributed by atoms with Crippen molar-refractivity contribution in [3.05, 3.63) is 71.5 Å². The summed E-state index contributed by atoms with van der Waals surface area (Å²) in [5, 5.41) is 0. The molecule has 4 heteroatoms. The van der Waals surface area contributed by atoms with Gasteiger partial charge in [-0.05, 0) is 44.2 Å². The maximum atomic E-state index is 14.2. The van der Waals surface area contributed by atoms with E-state index in [1.807, 2.05) is 56.3 Å². The van der Waals surface area contributed by atoms with E-state index in [9.17, 15) is 8.78 Å². The molecule has 2 aliphatic rings. The molecule has 0 N–H and O–H groups in total. The Hall–Kier alpha value is -1.78. The summed E-state index contributed by atoms with van der Waals surface area (Å²) in [5.74, 6) is 0.474. The minimum Gasteiger partial charge on any atom is -0.305 e. The van der Waals surface area contributed by atoms with Crippen LogP contribution in [0.2, 0.25) is 0 Å². The Kier molecular flexibility index (Phi) is 8.14. The number of nitrogens with zero attached hydrogens (tertiary/aromatic N) is 2. The van der Waals surface area contributed by atoms with Crippen LogP contribution in [0.25, 0.3) is 0 Å². The minimum absolute atomic E-state index is 0.147. The smallest absolute Gasteiger partial charge is 0.161 e. The fourth-order valence-electron chi connectivity index (χ4n) is 3.53. The molecule has 0 radical (unpaired) electrons. The number of benzene rings is 2. The maximum absolute atomic E-state index is 14.2. The van der Waals surface area contributed by atoms with Gasteiger partial charge in [0, 0.05) is 38.1 Å². The highest BCUT2D eigenvalue weighted by molar-refractivity contribution is 5.26. The molecule has 2 fully saturated rings. The van der Waals surface area contributed by atoms with Crippen molar-refractivity contribution in [2.75, 3.05) is 33.2 Å². The van der Waals surface area contributed by atoms with E-state index in [1.54, 1.807) is 0 Å². The summed E-state index contributed by atoms with van der Waals surface area (Å²) < 4.78 is 26.7. The normalized spacial score (nSPS) is 18.9. The van der Waals surface area contributed by atoms with Crippen molar-refractivity contribution in [3.63, 3.8) is 0 Å². The van der Waals surface area contributed by atoms with Crippen LogP contribution in [0.5, 0.6) is 0 Å². The third-order valence-corrected chi connectivity index (χ3v) is 5.33. The van der Waals surface area contributed by atoms with Crippen molar-refractivity contribution in [1.82, 2.24) is 9.80 Å². The summed E-state index contributed by atoms with van der Waals surface area (Å²) >= 11 is 0. The van der Waals surface area contributed by atoms with Crippen molar-refractivity contribution in [2.24, 2.45) is 0 Å². The predicted octanol–water partition coefficient (Wildman–Crippen LogP) is 5.46. The molecule has 2 aliphatic heterocycles. The average Bonchev–Trinajstić information content (AvgIpc) is 2.66. The fraction of sp³-hybridized carbons (Fsp3) is 0.500. The number of alkyl halides is 1. The van der Waals surface area contributed by atoms with Crippen molar-refractivity contribution in [2.45, 2.75) is 45.3 Å². The second-order valence-corrected chi connectivity index (χ2v) is 7.80. The molecule has 2 heterocycles. The Morgan fingerprint density at radius 3 is 1.93 bits per heavy atom. The summed E-state index contributed by atoms with van der Waals surface area (Å²) in [4.78, 5) is 4.40. The van der Waals surface area contributed by atoms with E-state index in [-0.39, 0.29) is 5.82 Å². The van der Waals surface area contributed by atoms with Crippen LogP contribution in [0.15, 0.2) is 54.6 Å². The van der Waals surface area contributed by atoms with Crippen LogP contribution in [0.4, 0.5) is 8.78 Å². The van der Waals surface area contributed by atoms with E-state index in [0.29, 0.717) is 25.0 Å². The first-order valence-electron chi connectivity index (χ1n) is 10.3. The van der Waals surface area contributed by atoms with E-state index in [4.69, 9.17) is 0 Å². The van der Waals surface area contributed by atoms with E-state index in [0.717, 1.165) is 18.7 Å². The molecule has 0 atom stereocenters.